The lowest BCUT2D eigenvalue weighted by Gasteiger charge is -2.43. The third kappa shape index (κ3) is 4.44. The molecule has 1 aliphatic heterocycles. The molecule has 0 bridgehead atoms. The predicted octanol–water partition coefficient (Wildman–Crippen LogP) is 6.02. The molecule has 5 heteroatoms. The van der Waals surface area contributed by atoms with Gasteiger partial charge in [-0.05, 0) is 55.3 Å². The fourth-order valence-corrected chi connectivity index (χ4v) is 4.13. The molecule has 0 unspecified atom stereocenters. The van der Waals surface area contributed by atoms with Crippen molar-refractivity contribution in [3.8, 4) is 5.75 Å². The number of anilines is 1. The van der Waals surface area contributed by atoms with Crippen molar-refractivity contribution in [1.82, 2.24) is 4.90 Å². The smallest absolute Gasteiger partial charge is 0.410 e. The van der Waals surface area contributed by atoms with Crippen molar-refractivity contribution < 1.29 is 9.53 Å². The van der Waals surface area contributed by atoms with E-state index in [1.165, 1.54) is 11.1 Å². The van der Waals surface area contributed by atoms with Crippen molar-refractivity contribution in [3.05, 3.63) is 94.5 Å². The molecule has 0 aliphatic carbocycles. The second-order valence-electron chi connectivity index (χ2n) is 7.68. The Kier molecular flexibility index (Phi) is 5.96. The van der Waals surface area contributed by atoms with Gasteiger partial charge in [-0.15, -0.1) is 0 Å². The zero-order valence-electron chi connectivity index (χ0n) is 17.2. The third-order valence-corrected chi connectivity index (χ3v) is 5.75. The topological polar surface area (TPSA) is 32.8 Å². The highest BCUT2D eigenvalue weighted by Gasteiger charge is 2.32. The van der Waals surface area contributed by atoms with E-state index in [9.17, 15) is 4.79 Å². The summed E-state index contributed by atoms with van der Waals surface area (Å²) in [6, 6.07) is 23.7. The zero-order chi connectivity index (χ0) is 21.1. The minimum Gasteiger partial charge on any atom is -0.410 e. The number of hydrogen-bond donors (Lipinski definition) is 0. The van der Waals surface area contributed by atoms with Crippen molar-refractivity contribution >= 4 is 23.4 Å². The summed E-state index contributed by atoms with van der Waals surface area (Å²) in [6.45, 7) is 6.01. The molecule has 0 N–H and O–H groups in total. The molecular weight excluding hydrogens is 396 g/mol. The predicted molar refractivity (Wildman–Crippen MR) is 121 cm³/mol. The van der Waals surface area contributed by atoms with Crippen LogP contribution in [0.2, 0.25) is 5.02 Å². The molecule has 4 nitrogen and oxygen atoms in total. The maximum absolute atomic E-state index is 12.8. The van der Waals surface area contributed by atoms with Crippen LogP contribution in [-0.2, 0) is 0 Å². The summed E-state index contributed by atoms with van der Waals surface area (Å²) < 4.78 is 5.59. The van der Waals surface area contributed by atoms with Gasteiger partial charge in [0.1, 0.15) is 5.75 Å². The van der Waals surface area contributed by atoms with Crippen LogP contribution < -0.4 is 9.64 Å². The summed E-state index contributed by atoms with van der Waals surface area (Å²) in [6.07, 6.45) is -0.314. The molecule has 0 aromatic heterocycles. The molecule has 3 aromatic rings. The molecule has 30 heavy (non-hydrogen) atoms. The van der Waals surface area contributed by atoms with Crippen LogP contribution in [0, 0.1) is 13.8 Å². The number of benzene rings is 3. The van der Waals surface area contributed by atoms with Crippen molar-refractivity contribution in [2.45, 2.75) is 19.9 Å². The summed E-state index contributed by atoms with van der Waals surface area (Å²) in [5, 5.41) is 0.730. The number of halogens is 1. The van der Waals surface area contributed by atoms with Crippen molar-refractivity contribution in [3.63, 3.8) is 0 Å². The molecule has 1 amide bonds. The summed E-state index contributed by atoms with van der Waals surface area (Å²) in [5.74, 6) is 0.561. The number of aryl methyl sites for hydroxylation is 2. The van der Waals surface area contributed by atoms with Crippen LogP contribution in [0.4, 0.5) is 10.5 Å². The molecular formula is C25H25ClN2O2. The van der Waals surface area contributed by atoms with Gasteiger partial charge in [0, 0.05) is 30.3 Å². The van der Waals surface area contributed by atoms with E-state index in [-0.39, 0.29) is 12.1 Å². The normalized spacial score (nSPS) is 16.4. The van der Waals surface area contributed by atoms with Gasteiger partial charge in [0.2, 0.25) is 0 Å². The monoisotopic (exact) mass is 420 g/mol. The molecule has 1 aliphatic rings. The maximum Gasteiger partial charge on any atom is 0.415 e. The molecule has 1 atom stereocenters. The first-order valence-corrected chi connectivity index (χ1v) is 10.5. The van der Waals surface area contributed by atoms with Crippen molar-refractivity contribution in [2.75, 3.05) is 24.5 Å². The highest BCUT2D eigenvalue weighted by molar-refractivity contribution is 6.30. The number of nitrogens with zero attached hydrogens (tertiary/aromatic N) is 2. The summed E-state index contributed by atoms with van der Waals surface area (Å²) in [4.78, 5) is 17.0. The lowest BCUT2D eigenvalue weighted by Crippen LogP contribution is -2.51. The van der Waals surface area contributed by atoms with Crippen molar-refractivity contribution in [1.29, 1.82) is 0 Å². The SMILES string of the molecule is Cc1ccc([C@@H]2CN(C(=O)Oc3ccccc3)CCN2c2ccc(Cl)cc2C)cc1. The highest BCUT2D eigenvalue weighted by atomic mass is 35.5. The van der Waals surface area contributed by atoms with Crippen LogP contribution in [0.1, 0.15) is 22.7 Å². The second kappa shape index (κ2) is 8.80. The Morgan fingerprint density at radius 1 is 0.967 bits per heavy atom. The van der Waals surface area contributed by atoms with E-state index in [0.717, 1.165) is 16.3 Å². The molecule has 154 valence electrons. The molecule has 1 saturated heterocycles. The number of amides is 1. The van der Waals surface area contributed by atoms with E-state index < -0.39 is 0 Å². The Balaban J connectivity index is 1.61. The first-order valence-electron chi connectivity index (χ1n) is 10.1. The molecule has 3 aromatic carbocycles. The van der Waals surface area contributed by atoms with Gasteiger partial charge in [-0.25, -0.2) is 4.79 Å². The second-order valence-corrected chi connectivity index (χ2v) is 8.11. The Bertz CT molecular complexity index is 1020. The fourth-order valence-electron chi connectivity index (χ4n) is 3.91. The van der Waals surface area contributed by atoms with Crippen LogP contribution in [-0.4, -0.2) is 30.6 Å². The van der Waals surface area contributed by atoms with E-state index in [1.54, 1.807) is 17.0 Å². The highest BCUT2D eigenvalue weighted by Crippen LogP contribution is 2.34. The number of ether oxygens (including phenoxy) is 1. The Labute approximate surface area is 182 Å². The van der Waals surface area contributed by atoms with Gasteiger partial charge >= 0.3 is 6.09 Å². The number of piperazine rings is 1. The summed E-state index contributed by atoms with van der Waals surface area (Å²) in [5.41, 5.74) is 4.65. The van der Waals surface area contributed by atoms with Crippen molar-refractivity contribution in [2.24, 2.45) is 0 Å². The summed E-state index contributed by atoms with van der Waals surface area (Å²) in [7, 11) is 0. The van der Waals surface area contributed by atoms with E-state index >= 15 is 0 Å². The molecule has 4 rings (SSSR count). The van der Waals surface area contributed by atoms with Gasteiger partial charge in [0.15, 0.2) is 0 Å². The Morgan fingerprint density at radius 3 is 2.40 bits per heavy atom. The first kappa shape index (κ1) is 20.3. The van der Waals surface area contributed by atoms with Gasteiger partial charge in [0.05, 0.1) is 6.04 Å². The van der Waals surface area contributed by atoms with E-state index in [1.807, 2.05) is 30.3 Å². The number of carbonyl (C=O) groups excluding carboxylic acids is 1. The van der Waals surface area contributed by atoms with E-state index in [4.69, 9.17) is 16.3 Å². The number of rotatable bonds is 3. The number of hydrogen-bond acceptors (Lipinski definition) is 3. The maximum atomic E-state index is 12.8. The van der Waals surface area contributed by atoms with Gasteiger partial charge in [-0.3, -0.25) is 0 Å². The van der Waals surface area contributed by atoms with Gasteiger partial charge in [0.25, 0.3) is 0 Å². The number of para-hydroxylation sites is 1. The minimum absolute atomic E-state index is 0.0301. The minimum atomic E-state index is -0.314. The van der Waals surface area contributed by atoms with E-state index in [0.29, 0.717) is 25.4 Å². The Hall–Kier alpha value is -2.98. The number of carbonyl (C=O) groups is 1. The van der Waals surface area contributed by atoms with Crippen LogP contribution in [0.3, 0.4) is 0 Å². The lowest BCUT2D eigenvalue weighted by atomic mass is 9.99. The van der Waals surface area contributed by atoms with Crippen LogP contribution in [0.5, 0.6) is 5.75 Å². The molecule has 1 fully saturated rings. The largest absolute Gasteiger partial charge is 0.415 e. The standard InChI is InChI=1S/C25H25ClN2O2/c1-18-8-10-20(11-9-18)24-17-27(25(29)30-22-6-4-3-5-7-22)14-15-28(24)23-13-12-21(26)16-19(23)2/h3-13,16,24H,14-15,17H2,1-2H3/t24-/m0/s1. The quantitative estimate of drug-likeness (QED) is 0.519. The fraction of sp³-hybridized carbons (Fsp3) is 0.240. The lowest BCUT2D eigenvalue weighted by molar-refractivity contribution is 0.141. The molecule has 0 spiro atoms. The van der Waals surface area contributed by atoms with Crippen LogP contribution >= 0.6 is 11.6 Å². The zero-order valence-corrected chi connectivity index (χ0v) is 18.0. The third-order valence-electron chi connectivity index (χ3n) is 5.52. The molecule has 1 heterocycles. The van der Waals surface area contributed by atoms with Crippen LogP contribution in [0.25, 0.3) is 0 Å². The van der Waals surface area contributed by atoms with Crippen LogP contribution in [0.15, 0.2) is 72.8 Å². The van der Waals surface area contributed by atoms with Gasteiger partial charge in [-0.1, -0.05) is 59.6 Å². The molecule has 0 saturated carbocycles. The van der Waals surface area contributed by atoms with Gasteiger partial charge in [-0.2, -0.15) is 0 Å². The summed E-state index contributed by atoms with van der Waals surface area (Å²) >= 11 is 6.18. The first-order chi connectivity index (χ1) is 14.5. The molecule has 0 radical (unpaired) electrons. The van der Waals surface area contributed by atoms with Gasteiger partial charge < -0.3 is 14.5 Å². The average molecular weight is 421 g/mol. The van der Waals surface area contributed by atoms with E-state index in [2.05, 4.69) is 49.1 Å². The average Bonchev–Trinajstić information content (AvgIpc) is 2.75. The Morgan fingerprint density at radius 2 is 1.70 bits per heavy atom.